The van der Waals surface area contributed by atoms with Crippen LogP contribution in [0.4, 0.5) is 5.95 Å². The normalized spacial score (nSPS) is 11.6. The van der Waals surface area contributed by atoms with E-state index in [0.717, 1.165) is 6.42 Å². The molecule has 0 amide bonds. The highest BCUT2D eigenvalue weighted by atomic mass is 16.6. The molecule has 0 atom stereocenters. The SMILES string of the molecule is CCCC/C(=C\c1cnc([N+](=O)[O-])n1C)[N+](=O)[O-]. The second-order valence-electron chi connectivity index (χ2n) is 3.80. The number of rotatable bonds is 6. The Morgan fingerprint density at radius 1 is 1.50 bits per heavy atom. The van der Waals surface area contributed by atoms with Crippen LogP contribution in [0.3, 0.4) is 0 Å². The summed E-state index contributed by atoms with van der Waals surface area (Å²) >= 11 is 0. The average molecular weight is 254 g/mol. The van der Waals surface area contributed by atoms with Gasteiger partial charge in [-0.25, -0.2) is 4.57 Å². The molecule has 98 valence electrons. The standard InChI is InChI=1S/C10H14N4O4/c1-3-4-5-8(13(15)16)6-9-7-11-10(12(9)2)14(17)18/h6-7H,3-5H2,1-2H3/b8-6+. The van der Waals surface area contributed by atoms with Gasteiger partial charge in [-0.05, 0) is 11.3 Å². The maximum Gasteiger partial charge on any atom is 0.434 e. The van der Waals surface area contributed by atoms with Crippen LogP contribution in [0.5, 0.6) is 0 Å². The van der Waals surface area contributed by atoms with Crippen LogP contribution in [-0.4, -0.2) is 19.4 Å². The molecule has 0 spiro atoms. The zero-order valence-corrected chi connectivity index (χ0v) is 10.2. The molecule has 0 N–H and O–H groups in total. The number of imidazole rings is 1. The largest absolute Gasteiger partial charge is 0.434 e. The summed E-state index contributed by atoms with van der Waals surface area (Å²) in [6, 6.07) is 0. The summed E-state index contributed by atoms with van der Waals surface area (Å²) in [5.74, 6) is -0.334. The van der Waals surface area contributed by atoms with Gasteiger partial charge in [0.05, 0.1) is 18.0 Å². The van der Waals surface area contributed by atoms with Gasteiger partial charge in [0.1, 0.15) is 11.9 Å². The van der Waals surface area contributed by atoms with E-state index in [1.807, 2.05) is 6.92 Å². The minimum atomic E-state index is -0.630. The number of allylic oxidation sites excluding steroid dienone is 1. The molecule has 0 aliphatic heterocycles. The van der Waals surface area contributed by atoms with Gasteiger partial charge in [-0.15, -0.1) is 0 Å². The molecule has 1 aromatic rings. The van der Waals surface area contributed by atoms with E-state index in [0.29, 0.717) is 18.5 Å². The molecule has 0 saturated heterocycles. The number of unbranched alkanes of at least 4 members (excludes halogenated alkanes) is 1. The van der Waals surface area contributed by atoms with Gasteiger partial charge in [-0.2, -0.15) is 0 Å². The fourth-order valence-corrected chi connectivity index (χ4v) is 1.46. The van der Waals surface area contributed by atoms with E-state index < -0.39 is 9.85 Å². The molecule has 0 unspecified atom stereocenters. The molecule has 18 heavy (non-hydrogen) atoms. The van der Waals surface area contributed by atoms with Crippen molar-refractivity contribution in [2.45, 2.75) is 26.2 Å². The zero-order chi connectivity index (χ0) is 13.7. The van der Waals surface area contributed by atoms with Gasteiger partial charge in [0.2, 0.25) is 5.70 Å². The highest BCUT2D eigenvalue weighted by molar-refractivity contribution is 5.48. The number of nitrogens with zero attached hydrogens (tertiary/aromatic N) is 4. The molecule has 1 aromatic heterocycles. The van der Waals surface area contributed by atoms with E-state index in [9.17, 15) is 20.2 Å². The molecule has 0 aliphatic carbocycles. The lowest BCUT2D eigenvalue weighted by Crippen LogP contribution is -2.02. The molecule has 8 nitrogen and oxygen atoms in total. The molecule has 0 saturated carbocycles. The van der Waals surface area contributed by atoms with Gasteiger partial charge in [0, 0.05) is 6.42 Å². The van der Waals surface area contributed by atoms with Crippen molar-refractivity contribution in [2.24, 2.45) is 7.05 Å². The molecule has 0 aliphatic rings. The second-order valence-corrected chi connectivity index (χ2v) is 3.80. The van der Waals surface area contributed by atoms with Gasteiger partial charge >= 0.3 is 5.95 Å². The fourth-order valence-electron chi connectivity index (χ4n) is 1.46. The monoisotopic (exact) mass is 254 g/mol. The van der Waals surface area contributed by atoms with Crippen LogP contribution in [0.2, 0.25) is 0 Å². The lowest BCUT2D eigenvalue weighted by atomic mass is 10.2. The van der Waals surface area contributed by atoms with Crippen LogP contribution in [0, 0.1) is 20.2 Å². The van der Waals surface area contributed by atoms with Crippen molar-refractivity contribution >= 4 is 12.0 Å². The summed E-state index contributed by atoms with van der Waals surface area (Å²) < 4.78 is 1.22. The van der Waals surface area contributed by atoms with Crippen molar-refractivity contribution in [1.82, 2.24) is 9.55 Å². The minimum Gasteiger partial charge on any atom is -0.390 e. The topological polar surface area (TPSA) is 104 Å². The van der Waals surface area contributed by atoms with Gasteiger partial charge in [-0.1, -0.05) is 18.3 Å². The Balaban J connectivity index is 3.04. The lowest BCUT2D eigenvalue weighted by molar-refractivity contribution is -0.426. The van der Waals surface area contributed by atoms with Gasteiger partial charge in [-0.3, -0.25) is 10.1 Å². The Kier molecular flexibility index (Phi) is 4.52. The Hall–Kier alpha value is -2.25. The molecular formula is C10H14N4O4. The van der Waals surface area contributed by atoms with Crippen molar-refractivity contribution in [2.75, 3.05) is 0 Å². The van der Waals surface area contributed by atoms with E-state index in [-0.39, 0.29) is 11.6 Å². The maximum atomic E-state index is 10.8. The maximum absolute atomic E-state index is 10.8. The lowest BCUT2D eigenvalue weighted by Gasteiger charge is -1.98. The first-order valence-electron chi connectivity index (χ1n) is 5.48. The highest BCUT2D eigenvalue weighted by Gasteiger charge is 2.19. The molecule has 1 rings (SSSR count). The van der Waals surface area contributed by atoms with Crippen molar-refractivity contribution in [1.29, 1.82) is 0 Å². The molecule has 8 heteroatoms. The zero-order valence-electron chi connectivity index (χ0n) is 10.2. The molecule has 1 heterocycles. The molecule has 0 fully saturated rings. The van der Waals surface area contributed by atoms with Crippen LogP contribution < -0.4 is 0 Å². The van der Waals surface area contributed by atoms with E-state index in [1.165, 1.54) is 23.9 Å². The van der Waals surface area contributed by atoms with E-state index in [1.54, 1.807) is 0 Å². The Bertz CT molecular complexity index is 492. The Morgan fingerprint density at radius 3 is 2.61 bits per heavy atom. The van der Waals surface area contributed by atoms with Crippen LogP contribution in [0.25, 0.3) is 6.08 Å². The average Bonchev–Trinajstić information content (AvgIpc) is 2.65. The van der Waals surface area contributed by atoms with Gasteiger partial charge < -0.3 is 10.1 Å². The minimum absolute atomic E-state index is 0.0368. The van der Waals surface area contributed by atoms with Gasteiger partial charge in [0.25, 0.3) is 0 Å². The number of nitro groups is 2. The molecule has 0 radical (unpaired) electrons. The molecular weight excluding hydrogens is 240 g/mol. The molecule has 0 bridgehead atoms. The van der Waals surface area contributed by atoms with Crippen LogP contribution in [0.15, 0.2) is 11.9 Å². The summed E-state index contributed by atoms with van der Waals surface area (Å²) in [6.07, 6.45) is 4.47. The summed E-state index contributed by atoms with van der Waals surface area (Å²) in [4.78, 5) is 23.9. The first kappa shape index (κ1) is 13.8. The smallest absolute Gasteiger partial charge is 0.390 e. The third kappa shape index (κ3) is 3.12. The first-order chi connectivity index (χ1) is 8.47. The quantitative estimate of drug-likeness (QED) is 0.571. The van der Waals surface area contributed by atoms with E-state index >= 15 is 0 Å². The number of hydrogen-bond donors (Lipinski definition) is 0. The Labute approximate surface area is 103 Å². The van der Waals surface area contributed by atoms with Crippen molar-refractivity contribution in [3.63, 3.8) is 0 Å². The van der Waals surface area contributed by atoms with Crippen molar-refractivity contribution < 1.29 is 9.85 Å². The van der Waals surface area contributed by atoms with Crippen LogP contribution in [-0.2, 0) is 7.05 Å². The van der Waals surface area contributed by atoms with Crippen molar-refractivity contribution in [3.05, 3.63) is 37.8 Å². The first-order valence-corrected chi connectivity index (χ1v) is 5.48. The highest BCUT2D eigenvalue weighted by Crippen LogP contribution is 2.17. The third-order valence-corrected chi connectivity index (χ3v) is 2.50. The van der Waals surface area contributed by atoms with Crippen molar-refractivity contribution in [3.8, 4) is 0 Å². The summed E-state index contributed by atoms with van der Waals surface area (Å²) in [5.41, 5.74) is 0.388. The molecule has 0 aromatic carbocycles. The van der Waals surface area contributed by atoms with Gasteiger partial charge in [0.15, 0.2) is 0 Å². The van der Waals surface area contributed by atoms with E-state index in [2.05, 4.69) is 4.98 Å². The Morgan fingerprint density at radius 2 is 2.17 bits per heavy atom. The number of aromatic nitrogens is 2. The predicted molar refractivity (Wildman–Crippen MR) is 64.4 cm³/mol. The van der Waals surface area contributed by atoms with Crippen LogP contribution >= 0.6 is 0 Å². The summed E-state index contributed by atoms with van der Waals surface area (Å²) in [7, 11) is 1.45. The summed E-state index contributed by atoms with van der Waals surface area (Å²) in [6.45, 7) is 1.94. The number of hydrogen-bond acceptors (Lipinski definition) is 5. The van der Waals surface area contributed by atoms with E-state index in [4.69, 9.17) is 0 Å². The summed E-state index contributed by atoms with van der Waals surface area (Å²) in [5, 5.41) is 21.4. The van der Waals surface area contributed by atoms with Crippen LogP contribution in [0.1, 0.15) is 31.9 Å². The second kappa shape index (κ2) is 5.89. The fraction of sp³-hybridized carbons (Fsp3) is 0.500. The predicted octanol–water partition coefficient (Wildman–Crippen LogP) is 2.14. The third-order valence-electron chi connectivity index (χ3n) is 2.50.